The number of ether oxygens (including phenoxy) is 1. The van der Waals surface area contributed by atoms with Crippen LogP contribution in [0.4, 0.5) is 0 Å². The molecule has 8 nitrogen and oxygen atoms in total. The molecular formula is C23H29N5O3. The van der Waals surface area contributed by atoms with Crippen LogP contribution in [0, 0.1) is 11.3 Å². The Bertz CT molecular complexity index is 1080. The third-order valence-electron chi connectivity index (χ3n) is 6.40. The molecule has 1 atom stereocenters. The number of aldehydes is 1. The van der Waals surface area contributed by atoms with E-state index in [-0.39, 0.29) is 12.0 Å². The Balaban J connectivity index is 1.66. The fraction of sp³-hybridized carbons (Fsp3) is 0.522. The van der Waals surface area contributed by atoms with Gasteiger partial charge in [0.15, 0.2) is 5.65 Å². The fourth-order valence-electron chi connectivity index (χ4n) is 4.74. The number of methoxy groups -OCH3 is 1. The van der Waals surface area contributed by atoms with Crippen molar-refractivity contribution in [1.82, 2.24) is 24.5 Å². The molecule has 0 radical (unpaired) electrons. The summed E-state index contributed by atoms with van der Waals surface area (Å²) in [4.78, 5) is 23.4. The van der Waals surface area contributed by atoms with Gasteiger partial charge in [-0.2, -0.15) is 10.2 Å². The smallest absolute Gasteiger partial charge is 0.313 e. The zero-order valence-electron chi connectivity index (χ0n) is 18.3. The molecule has 0 N–H and O–H groups in total. The fourth-order valence-corrected chi connectivity index (χ4v) is 4.74. The first-order valence-electron chi connectivity index (χ1n) is 10.8. The minimum atomic E-state index is -0.688. The van der Waals surface area contributed by atoms with Crippen molar-refractivity contribution in [3.63, 3.8) is 0 Å². The van der Waals surface area contributed by atoms with Gasteiger partial charge in [-0.1, -0.05) is 12.8 Å². The van der Waals surface area contributed by atoms with Crippen molar-refractivity contribution >= 4 is 23.3 Å². The van der Waals surface area contributed by atoms with Crippen molar-refractivity contribution in [3.05, 3.63) is 30.9 Å². The Morgan fingerprint density at radius 2 is 2.10 bits per heavy atom. The normalized spacial score (nSPS) is 16.0. The Hall–Kier alpha value is -3.03. The van der Waals surface area contributed by atoms with E-state index in [0.29, 0.717) is 24.5 Å². The lowest BCUT2D eigenvalue weighted by molar-refractivity contribution is -0.151. The Labute approximate surface area is 181 Å². The number of rotatable bonds is 8. The molecule has 3 heterocycles. The van der Waals surface area contributed by atoms with Crippen LogP contribution in [-0.2, 0) is 20.9 Å². The standard InChI is InChI=1S/C23H29N5O3/c1-23(2,22(30)31-3)15-27-10-8-18-19(13-24-26-21(18)27)17-12-25-28(14-17)20(9-11-29)16-6-4-5-7-16/h8,10-14,16,20H,4-7,9,15H2,1-3H3/t20-/m1/s1. The predicted octanol–water partition coefficient (Wildman–Crippen LogP) is 3.81. The highest BCUT2D eigenvalue weighted by Crippen LogP contribution is 2.37. The first-order valence-corrected chi connectivity index (χ1v) is 10.8. The molecule has 0 amide bonds. The molecule has 31 heavy (non-hydrogen) atoms. The first-order chi connectivity index (χ1) is 14.9. The highest BCUT2D eigenvalue weighted by atomic mass is 16.5. The third-order valence-corrected chi connectivity index (χ3v) is 6.40. The highest BCUT2D eigenvalue weighted by Gasteiger charge is 2.30. The number of fused-ring (bicyclic) bond motifs is 1. The Morgan fingerprint density at radius 1 is 1.32 bits per heavy atom. The average molecular weight is 424 g/mol. The molecule has 0 saturated heterocycles. The van der Waals surface area contributed by atoms with E-state index in [1.165, 1.54) is 20.0 Å². The summed E-state index contributed by atoms with van der Waals surface area (Å²) in [5.41, 5.74) is 1.90. The number of esters is 1. The number of hydrogen-bond acceptors (Lipinski definition) is 6. The van der Waals surface area contributed by atoms with Gasteiger partial charge in [-0.25, -0.2) is 0 Å². The van der Waals surface area contributed by atoms with E-state index in [0.717, 1.165) is 35.6 Å². The van der Waals surface area contributed by atoms with Crippen LogP contribution >= 0.6 is 0 Å². The molecule has 164 valence electrons. The summed E-state index contributed by atoms with van der Waals surface area (Å²) < 4.78 is 8.81. The zero-order chi connectivity index (χ0) is 22.0. The van der Waals surface area contributed by atoms with Crippen molar-refractivity contribution in [1.29, 1.82) is 0 Å². The van der Waals surface area contributed by atoms with Gasteiger partial charge in [-0.15, -0.1) is 5.10 Å². The summed E-state index contributed by atoms with van der Waals surface area (Å²) >= 11 is 0. The summed E-state index contributed by atoms with van der Waals surface area (Å²) in [5.74, 6) is 0.225. The zero-order valence-corrected chi connectivity index (χ0v) is 18.3. The van der Waals surface area contributed by atoms with Gasteiger partial charge in [-0.05, 0) is 38.7 Å². The molecule has 0 unspecified atom stereocenters. The van der Waals surface area contributed by atoms with Crippen LogP contribution in [0.25, 0.3) is 22.2 Å². The maximum absolute atomic E-state index is 12.1. The van der Waals surface area contributed by atoms with E-state index in [9.17, 15) is 9.59 Å². The van der Waals surface area contributed by atoms with Crippen molar-refractivity contribution < 1.29 is 14.3 Å². The quantitative estimate of drug-likeness (QED) is 0.404. The lowest BCUT2D eigenvalue weighted by Crippen LogP contribution is -2.30. The minimum Gasteiger partial charge on any atom is -0.469 e. The summed E-state index contributed by atoms with van der Waals surface area (Å²) in [6, 6.07) is 2.09. The monoisotopic (exact) mass is 423 g/mol. The van der Waals surface area contributed by atoms with Crippen LogP contribution in [-0.4, -0.2) is 43.9 Å². The van der Waals surface area contributed by atoms with Crippen molar-refractivity contribution in [2.75, 3.05) is 7.11 Å². The SMILES string of the molecule is COC(=O)C(C)(C)Cn1ccc2c(-c3cnn([C@H](CC=O)C4CCCC4)c3)cnnc21. The second-order valence-electron chi connectivity index (χ2n) is 9.04. The van der Waals surface area contributed by atoms with Gasteiger partial charge in [0.05, 0.1) is 31.0 Å². The van der Waals surface area contributed by atoms with Gasteiger partial charge < -0.3 is 14.1 Å². The van der Waals surface area contributed by atoms with E-state index in [1.54, 1.807) is 6.20 Å². The molecule has 3 aromatic heterocycles. The van der Waals surface area contributed by atoms with E-state index >= 15 is 0 Å². The molecule has 0 spiro atoms. The first kappa shape index (κ1) is 21.2. The number of carbonyl (C=O) groups excluding carboxylic acids is 2. The molecule has 3 aromatic rings. The largest absolute Gasteiger partial charge is 0.469 e. The Morgan fingerprint density at radius 3 is 2.81 bits per heavy atom. The molecule has 1 aliphatic carbocycles. The highest BCUT2D eigenvalue weighted by molar-refractivity contribution is 5.92. The number of hydrogen-bond donors (Lipinski definition) is 0. The lowest BCUT2D eigenvalue weighted by atomic mass is 9.94. The van der Waals surface area contributed by atoms with Crippen LogP contribution in [0.5, 0.6) is 0 Å². The van der Waals surface area contributed by atoms with Crippen LogP contribution in [0.15, 0.2) is 30.9 Å². The predicted molar refractivity (Wildman–Crippen MR) is 116 cm³/mol. The van der Waals surface area contributed by atoms with Gasteiger partial charge in [-0.3, -0.25) is 9.48 Å². The van der Waals surface area contributed by atoms with Crippen molar-refractivity contribution in [2.24, 2.45) is 11.3 Å². The molecule has 8 heteroatoms. The molecular weight excluding hydrogens is 394 g/mol. The summed E-state index contributed by atoms with van der Waals surface area (Å²) in [7, 11) is 1.40. The van der Waals surface area contributed by atoms with Crippen LogP contribution < -0.4 is 0 Å². The Kier molecular flexibility index (Phi) is 5.89. The number of aromatic nitrogens is 5. The van der Waals surface area contributed by atoms with E-state index in [1.807, 2.05) is 47.8 Å². The van der Waals surface area contributed by atoms with Gasteiger partial charge in [0, 0.05) is 41.9 Å². The van der Waals surface area contributed by atoms with E-state index < -0.39 is 5.41 Å². The van der Waals surface area contributed by atoms with E-state index in [4.69, 9.17) is 4.74 Å². The molecule has 1 fully saturated rings. The molecule has 1 aliphatic rings. The lowest BCUT2D eigenvalue weighted by Gasteiger charge is -2.22. The second-order valence-corrected chi connectivity index (χ2v) is 9.04. The van der Waals surface area contributed by atoms with Gasteiger partial charge in [0.1, 0.15) is 6.29 Å². The maximum atomic E-state index is 12.1. The summed E-state index contributed by atoms with van der Waals surface area (Å²) in [5, 5.41) is 14.1. The minimum absolute atomic E-state index is 0.101. The maximum Gasteiger partial charge on any atom is 0.313 e. The molecule has 0 aliphatic heterocycles. The average Bonchev–Trinajstić information content (AvgIpc) is 3.52. The number of carbonyl (C=O) groups is 2. The third kappa shape index (κ3) is 4.11. The van der Waals surface area contributed by atoms with Crippen LogP contribution in [0.3, 0.4) is 0 Å². The van der Waals surface area contributed by atoms with Gasteiger partial charge in [0.25, 0.3) is 0 Å². The summed E-state index contributed by atoms with van der Waals surface area (Å²) in [6.45, 7) is 4.13. The molecule has 0 bridgehead atoms. The van der Waals surface area contributed by atoms with Crippen molar-refractivity contribution in [2.45, 2.75) is 58.5 Å². The molecule has 4 rings (SSSR count). The second kappa shape index (κ2) is 8.61. The van der Waals surface area contributed by atoms with Gasteiger partial charge in [0.2, 0.25) is 0 Å². The van der Waals surface area contributed by atoms with Crippen LogP contribution in [0.2, 0.25) is 0 Å². The molecule has 0 aromatic carbocycles. The molecule has 1 saturated carbocycles. The van der Waals surface area contributed by atoms with Crippen LogP contribution in [0.1, 0.15) is 52.0 Å². The summed E-state index contributed by atoms with van der Waals surface area (Å²) in [6.07, 6.45) is 13.7. The van der Waals surface area contributed by atoms with E-state index in [2.05, 4.69) is 15.3 Å². The topological polar surface area (TPSA) is 91.9 Å². The number of nitrogens with zero attached hydrogens (tertiary/aromatic N) is 5. The van der Waals surface area contributed by atoms with Crippen molar-refractivity contribution in [3.8, 4) is 11.1 Å². The van der Waals surface area contributed by atoms with Gasteiger partial charge >= 0.3 is 5.97 Å².